The number of piperazine rings is 1. The summed E-state index contributed by atoms with van der Waals surface area (Å²) in [5, 5.41) is 0.458. The Morgan fingerprint density at radius 2 is 1.71 bits per heavy atom. The number of rotatable bonds is 4. The summed E-state index contributed by atoms with van der Waals surface area (Å²) >= 11 is 6.09. The number of carbonyl (C=O) groups is 2. The molecule has 3 rings (SSSR count). The average Bonchev–Trinajstić information content (AvgIpc) is 3.13. The van der Waals surface area contributed by atoms with Crippen LogP contribution in [0.4, 0.5) is 0 Å². The van der Waals surface area contributed by atoms with Gasteiger partial charge < -0.3 is 14.2 Å². The molecule has 2 amide bonds. The maximum absolute atomic E-state index is 12.5. The maximum Gasteiger partial charge on any atom is 0.255 e. The summed E-state index contributed by atoms with van der Waals surface area (Å²) < 4.78 is 5.24. The summed E-state index contributed by atoms with van der Waals surface area (Å²) in [6.45, 7) is 2.15. The van der Waals surface area contributed by atoms with Crippen LogP contribution in [0.1, 0.15) is 22.5 Å². The molecular formula is C18H19ClN2O3. The number of nitrogens with zero attached hydrogens (tertiary/aromatic N) is 2. The van der Waals surface area contributed by atoms with Gasteiger partial charge in [-0.3, -0.25) is 9.59 Å². The van der Waals surface area contributed by atoms with Gasteiger partial charge in [0.15, 0.2) is 0 Å². The number of aryl methyl sites for hydroxylation is 1. The summed E-state index contributed by atoms with van der Waals surface area (Å²) in [7, 11) is 0. The van der Waals surface area contributed by atoms with Crippen molar-refractivity contribution in [2.75, 3.05) is 26.2 Å². The highest BCUT2D eigenvalue weighted by Gasteiger charge is 2.25. The first-order valence-corrected chi connectivity index (χ1v) is 8.37. The Hall–Kier alpha value is -2.27. The standard InChI is InChI=1S/C18H19ClN2O3/c19-16-6-2-1-5-15(16)18(23)21-11-9-20(10-12-21)17(22)8-7-14-4-3-13-24-14/h1-6,13H,7-12H2. The lowest BCUT2D eigenvalue weighted by Crippen LogP contribution is -2.50. The van der Waals surface area contributed by atoms with Crippen molar-refractivity contribution in [3.63, 3.8) is 0 Å². The fraction of sp³-hybridized carbons (Fsp3) is 0.333. The smallest absolute Gasteiger partial charge is 0.255 e. The van der Waals surface area contributed by atoms with Crippen LogP contribution in [0.25, 0.3) is 0 Å². The number of halogens is 1. The van der Waals surface area contributed by atoms with Gasteiger partial charge in [0.2, 0.25) is 5.91 Å². The lowest BCUT2D eigenvalue weighted by molar-refractivity contribution is -0.132. The fourth-order valence-corrected chi connectivity index (χ4v) is 3.02. The van der Waals surface area contributed by atoms with Crippen LogP contribution in [-0.4, -0.2) is 47.8 Å². The van der Waals surface area contributed by atoms with E-state index >= 15 is 0 Å². The molecule has 6 heteroatoms. The van der Waals surface area contributed by atoms with Gasteiger partial charge in [0.1, 0.15) is 5.76 Å². The largest absolute Gasteiger partial charge is 0.469 e. The van der Waals surface area contributed by atoms with Gasteiger partial charge in [-0.15, -0.1) is 0 Å². The van der Waals surface area contributed by atoms with E-state index in [0.29, 0.717) is 49.6 Å². The summed E-state index contributed by atoms with van der Waals surface area (Å²) in [5.74, 6) is 0.829. The number of carbonyl (C=O) groups excluding carboxylic acids is 2. The highest BCUT2D eigenvalue weighted by molar-refractivity contribution is 6.33. The summed E-state index contributed by atoms with van der Waals surface area (Å²) in [5.41, 5.74) is 0.511. The Bertz CT molecular complexity index is 707. The highest BCUT2D eigenvalue weighted by atomic mass is 35.5. The molecule has 2 heterocycles. The van der Waals surface area contributed by atoms with E-state index in [0.717, 1.165) is 5.76 Å². The Kier molecular flexibility index (Phi) is 5.20. The number of hydrogen-bond donors (Lipinski definition) is 0. The average molecular weight is 347 g/mol. The Balaban J connectivity index is 1.51. The third-order valence-corrected chi connectivity index (χ3v) is 4.52. The number of hydrogen-bond acceptors (Lipinski definition) is 3. The van der Waals surface area contributed by atoms with Gasteiger partial charge in [-0.2, -0.15) is 0 Å². The van der Waals surface area contributed by atoms with Gasteiger partial charge in [0, 0.05) is 39.0 Å². The van der Waals surface area contributed by atoms with E-state index in [-0.39, 0.29) is 11.8 Å². The molecule has 24 heavy (non-hydrogen) atoms. The third-order valence-electron chi connectivity index (χ3n) is 4.19. The lowest BCUT2D eigenvalue weighted by atomic mass is 10.1. The van der Waals surface area contributed by atoms with Crippen molar-refractivity contribution in [3.05, 3.63) is 59.0 Å². The number of furan rings is 1. The van der Waals surface area contributed by atoms with E-state index < -0.39 is 0 Å². The molecule has 5 nitrogen and oxygen atoms in total. The predicted octanol–water partition coefficient (Wildman–Crippen LogP) is 2.85. The number of benzene rings is 1. The van der Waals surface area contributed by atoms with Gasteiger partial charge in [-0.25, -0.2) is 0 Å². The van der Waals surface area contributed by atoms with Crippen LogP contribution in [0.3, 0.4) is 0 Å². The molecule has 0 aliphatic carbocycles. The van der Waals surface area contributed by atoms with Crippen LogP contribution < -0.4 is 0 Å². The molecular weight excluding hydrogens is 328 g/mol. The van der Waals surface area contributed by atoms with Gasteiger partial charge in [-0.1, -0.05) is 23.7 Å². The lowest BCUT2D eigenvalue weighted by Gasteiger charge is -2.35. The molecule has 1 aromatic carbocycles. The summed E-state index contributed by atoms with van der Waals surface area (Å²) in [6.07, 6.45) is 2.63. The zero-order valence-electron chi connectivity index (χ0n) is 13.3. The van der Waals surface area contributed by atoms with Crippen LogP contribution in [0.15, 0.2) is 47.1 Å². The molecule has 2 aromatic rings. The van der Waals surface area contributed by atoms with Crippen molar-refractivity contribution in [3.8, 4) is 0 Å². The van der Waals surface area contributed by atoms with Crippen molar-refractivity contribution in [2.24, 2.45) is 0 Å². The van der Waals surface area contributed by atoms with Crippen LogP contribution in [0.2, 0.25) is 5.02 Å². The Labute approximate surface area is 145 Å². The molecule has 0 N–H and O–H groups in total. The molecule has 0 saturated carbocycles. The van der Waals surface area contributed by atoms with Crippen LogP contribution in [-0.2, 0) is 11.2 Å². The Morgan fingerprint density at radius 1 is 1.00 bits per heavy atom. The zero-order valence-corrected chi connectivity index (χ0v) is 14.0. The molecule has 0 bridgehead atoms. The van der Waals surface area contributed by atoms with Crippen molar-refractivity contribution < 1.29 is 14.0 Å². The molecule has 1 aliphatic rings. The SMILES string of the molecule is O=C(CCc1ccco1)N1CCN(C(=O)c2ccccc2Cl)CC1. The predicted molar refractivity (Wildman–Crippen MR) is 91.0 cm³/mol. The molecule has 0 radical (unpaired) electrons. The van der Waals surface area contributed by atoms with Crippen LogP contribution in [0.5, 0.6) is 0 Å². The van der Waals surface area contributed by atoms with Crippen molar-refractivity contribution in [2.45, 2.75) is 12.8 Å². The quantitative estimate of drug-likeness (QED) is 0.855. The topological polar surface area (TPSA) is 53.8 Å². The monoisotopic (exact) mass is 346 g/mol. The first kappa shape index (κ1) is 16.6. The van der Waals surface area contributed by atoms with Gasteiger partial charge in [0.25, 0.3) is 5.91 Å². The normalized spacial score (nSPS) is 14.7. The first-order chi connectivity index (χ1) is 11.6. The second-order valence-electron chi connectivity index (χ2n) is 5.73. The van der Waals surface area contributed by atoms with Crippen molar-refractivity contribution in [1.29, 1.82) is 0 Å². The Morgan fingerprint density at radius 3 is 2.38 bits per heavy atom. The summed E-state index contributed by atoms with van der Waals surface area (Å²) in [4.78, 5) is 28.3. The second kappa shape index (κ2) is 7.53. The minimum atomic E-state index is -0.0803. The van der Waals surface area contributed by atoms with E-state index in [4.69, 9.17) is 16.0 Å². The molecule has 1 aliphatic heterocycles. The molecule has 0 atom stereocenters. The minimum Gasteiger partial charge on any atom is -0.469 e. The molecule has 1 fully saturated rings. The molecule has 1 aromatic heterocycles. The van der Waals surface area contributed by atoms with Gasteiger partial charge in [-0.05, 0) is 24.3 Å². The molecule has 126 valence electrons. The van der Waals surface area contributed by atoms with Gasteiger partial charge >= 0.3 is 0 Å². The zero-order chi connectivity index (χ0) is 16.9. The fourth-order valence-electron chi connectivity index (χ4n) is 2.81. The van der Waals surface area contributed by atoms with Crippen LogP contribution in [0, 0.1) is 0 Å². The van der Waals surface area contributed by atoms with Crippen LogP contribution >= 0.6 is 11.6 Å². The second-order valence-corrected chi connectivity index (χ2v) is 6.14. The molecule has 0 unspecified atom stereocenters. The van der Waals surface area contributed by atoms with Gasteiger partial charge in [0.05, 0.1) is 16.8 Å². The summed E-state index contributed by atoms with van der Waals surface area (Å²) in [6, 6.07) is 10.7. The van der Waals surface area contributed by atoms with E-state index in [9.17, 15) is 9.59 Å². The molecule has 1 saturated heterocycles. The van der Waals surface area contributed by atoms with E-state index in [2.05, 4.69) is 0 Å². The number of amides is 2. The first-order valence-electron chi connectivity index (χ1n) is 7.99. The minimum absolute atomic E-state index is 0.0803. The highest BCUT2D eigenvalue weighted by Crippen LogP contribution is 2.18. The van der Waals surface area contributed by atoms with Crippen molar-refractivity contribution >= 4 is 23.4 Å². The molecule has 0 spiro atoms. The van der Waals surface area contributed by atoms with E-state index in [1.165, 1.54) is 0 Å². The van der Waals surface area contributed by atoms with E-state index in [1.54, 1.807) is 40.3 Å². The maximum atomic E-state index is 12.5. The van der Waals surface area contributed by atoms with Crippen molar-refractivity contribution in [1.82, 2.24) is 9.80 Å². The van der Waals surface area contributed by atoms with E-state index in [1.807, 2.05) is 12.1 Å². The third kappa shape index (κ3) is 3.79.